The van der Waals surface area contributed by atoms with Gasteiger partial charge < -0.3 is 10.2 Å². The van der Waals surface area contributed by atoms with Crippen LogP contribution < -0.4 is 5.32 Å². The molecule has 0 amide bonds. The van der Waals surface area contributed by atoms with Crippen molar-refractivity contribution in [2.24, 2.45) is 0 Å². The average molecular weight is 156 g/mol. The van der Waals surface area contributed by atoms with Gasteiger partial charge in [-0.3, -0.25) is 0 Å². The van der Waals surface area contributed by atoms with Crippen molar-refractivity contribution in [3.05, 3.63) is 0 Å². The van der Waals surface area contributed by atoms with Gasteiger partial charge in [-0.25, -0.2) is 0 Å². The summed E-state index contributed by atoms with van der Waals surface area (Å²) in [5, 5.41) is 3.55. The first-order valence-corrected chi connectivity index (χ1v) is 4.82. The van der Waals surface area contributed by atoms with E-state index >= 15 is 0 Å². The van der Waals surface area contributed by atoms with Gasteiger partial charge in [-0.1, -0.05) is 13.8 Å². The summed E-state index contributed by atoms with van der Waals surface area (Å²) in [7, 11) is 0. The molecule has 1 heterocycles. The molecule has 1 N–H and O–H groups in total. The van der Waals surface area contributed by atoms with E-state index in [1.807, 2.05) is 0 Å². The molecule has 2 heteroatoms. The summed E-state index contributed by atoms with van der Waals surface area (Å²) in [5.74, 6) is 0. The average Bonchev–Trinajstić information content (AvgIpc) is 2.28. The largest absolute Gasteiger partial charge is 0.313 e. The van der Waals surface area contributed by atoms with Crippen molar-refractivity contribution in [3.63, 3.8) is 0 Å². The highest BCUT2D eigenvalue weighted by Gasteiger charge is 2.13. The maximum absolute atomic E-state index is 3.55. The van der Waals surface area contributed by atoms with Crippen LogP contribution in [0.4, 0.5) is 0 Å². The fourth-order valence-electron chi connectivity index (χ4n) is 1.64. The van der Waals surface area contributed by atoms with Crippen molar-refractivity contribution in [2.75, 3.05) is 26.2 Å². The zero-order valence-electron chi connectivity index (χ0n) is 7.77. The first-order chi connectivity index (χ1) is 5.36. The summed E-state index contributed by atoms with van der Waals surface area (Å²) >= 11 is 0. The second-order valence-electron chi connectivity index (χ2n) is 3.31. The Balaban J connectivity index is 2.33. The van der Waals surface area contributed by atoms with Gasteiger partial charge in [0.05, 0.1) is 0 Å². The third-order valence-electron chi connectivity index (χ3n) is 2.50. The summed E-state index contributed by atoms with van der Waals surface area (Å²) in [4.78, 5) is 2.54. The van der Waals surface area contributed by atoms with Crippen LogP contribution in [0.5, 0.6) is 0 Å². The molecule has 0 saturated carbocycles. The SMILES string of the molecule is CCC1CN(CC)CCCN1. The van der Waals surface area contributed by atoms with E-state index in [2.05, 4.69) is 24.1 Å². The maximum Gasteiger partial charge on any atom is 0.0192 e. The lowest BCUT2D eigenvalue weighted by molar-refractivity contribution is 0.279. The van der Waals surface area contributed by atoms with E-state index < -0.39 is 0 Å². The van der Waals surface area contributed by atoms with Gasteiger partial charge >= 0.3 is 0 Å². The summed E-state index contributed by atoms with van der Waals surface area (Å²) in [6.45, 7) is 9.44. The highest BCUT2D eigenvalue weighted by Crippen LogP contribution is 2.02. The Hall–Kier alpha value is -0.0800. The lowest BCUT2D eigenvalue weighted by atomic mass is 10.2. The number of nitrogens with one attached hydrogen (secondary N) is 1. The number of hydrogen-bond acceptors (Lipinski definition) is 2. The molecule has 2 nitrogen and oxygen atoms in total. The monoisotopic (exact) mass is 156 g/mol. The normalized spacial score (nSPS) is 28.4. The molecule has 0 spiro atoms. The highest BCUT2D eigenvalue weighted by atomic mass is 15.2. The summed E-state index contributed by atoms with van der Waals surface area (Å²) in [6.07, 6.45) is 2.57. The zero-order valence-corrected chi connectivity index (χ0v) is 7.77. The van der Waals surface area contributed by atoms with E-state index in [0.717, 1.165) is 6.04 Å². The molecule has 0 aromatic carbocycles. The Bertz CT molecular complexity index is 91.7. The van der Waals surface area contributed by atoms with Crippen LogP contribution >= 0.6 is 0 Å². The molecule has 0 aromatic heterocycles. The van der Waals surface area contributed by atoms with Crippen LogP contribution in [0.25, 0.3) is 0 Å². The minimum absolute atomic E-state index is 0.734. The predicted octanol–water partition coefficient (Wildman–Crippen LogP) is 1.08. The molecule has 0 bridgehead atoms. The molecule has 1 unspecified atom stereocenters. The molecular formula is C9H20N2. The number of likely N-dealkylation sites (N-methyl/N-ethyl adjacent to an activating group) is 1. The van der Waals surface area contributed by atoms with E-state index in [-0.39, 0.29) is 0 Å². The summed E-state index contributed by atoms with van der Waals surface area (Å²) in [6, 6.07) is 0.734. The third-order valence-corrected chi connectivity index (χ3v) is 2.50. The van der Waals surface area contributed by atoms with Crippen LogP contribution in [-0.2, 0) is 0 Å². The van der Waals surface area contributed by atoms with Crippen molar-refractivity contribution >= 4 is 0 Å². The Morgan fingerprint density at radius 3 is 2.91 bits per heavy atom. The van der Waals surface area contributed by atoms with Gasteiger partial charge in [-0.05, 0) is 32.5 Å². The van der Waals surface area contributed by atoms with Gasteiger partial charge in [0.1, 0.15) is 0 Å². The smallest absolute Gasteiger partial charge is 0.0192 e. The molecule has 1 aliphatic rings. The van der Waals surface area contributed by atoms with Crippen molar-refractivity contribution in [3.8, 4) is 0 Å². The molecule has 11 heavy (non-hydrogen) atoms. The molecule has 0 radical (unpaired) electrons. The van der Waals surface area contributed by atoms with Crippen LogP contribution in [0.3, 0.4) is 0 Å². The Labute approximate surface area is 70.0 Å². The van der Waals surface area contributed by atoms with Crippen LogP contribution in [-0.4, -0.2) is 37.1 Å². The molecular weight excluding hydrogens is 136 g/mol. The molecule has 0 aliphatic carbocycles. The van der Waals surface area contributed by atoms with Crippen molar-refractivity contribution < 1.29 is 0 Å². The van der Waals surface area contributed by atoms with Gasteiger partial charge in [0.2, 0.25) is 0 Å². The second kappa shape index (κ2) is 4.73. The topological polar surface area (TPSA) is 15.3 Å². The summed E-state index contributed by atoms with van der Waals surface area (Å²) < 4.78 is 0. The first kappa shape index (κ1) is 9.01. The van der Waals surface area contributed by atoms with E-state index in [0.29, 0.717) is 0 Å². The molecule has 1 aliphatic heterocycles. The highest BCUT2D eigenvalue weighted by molar-refractivity contribution is 4.74. The van der Waals surface area contributed by atoms with Crippen LogP contribution in [0.15, 0.2) is 0 Å². The van der Waals surface area contributed by atoms with E-state index in [4.69, 9.17) is 0 Å². The van der Waals surface area contributed by atoms with Gasteiger partial charge in [-0.15, -0.1) is 0 Å². The van der Waals surface area contributed by atoms with Gasteiger partial charge in [-0.2, -0.15) is 0 Å². The number of rotatable bonds is 2. The van der Waals surface area contributed by atoms with Crippen LogP contribution in [0.1, 0.15) is 26.7 Å². The van der Waals surface area contributed by atoms with Gasteiger partial charge in [0.15, 0.2) is 0 Å². The zero-order chi connectivity index (χ0) is 8.10. The lowest BCUT2D eigenvalue weighted by Gasteiger charge is -2.21. The lowest BCUT2D eigenvalue weighted by Crippen LogP contribution is -2.36. The van der Waals surface area contributed by atoms with E-state index in [1.165, 1.54) is 39.0 Å². The molecule has 1 saturated heterocycles. The van der Waals surface area contributed by atoms with Crippen LogP contribution in [0.2, 0.25) is 0 Å². The number of hydrogen-bond donors (Lipinski definition) is 1. The van der Waals surface area contributed by atoms with Crippen molar-refractivity contribution in [1.29, 1.82) is 0 Å². The fourth-order valence-corrected chi connectivity index (χ4v) is 1.64. The van der Waals surface area contributed by atoms with E-state index in [1.54, 1.807) is 0 Å². The van der Waals surface area contributed by atoms with Gasteiger partial charge in [0.25, 0.3) is 0 Å². The van der Waals surface area contributed by atoms with Crippen molar-refractivity contribution in [1.82, 2.24) is 10.2 Å². The van der Waals surface area contributed by atoms with E-state index in [9.17, 15) is 0 Å². The second-order valence-corrected chi connectivity index (χ2v) is 3.31. The third kappa shape index (κ3) is 2.80. The Morgan fingerprint density at radius 1 is 1.45 bits per heavy atom. The maximum atomic E-state index is 3.55. The fraction of sp³-hybridized carbons (Fsp3) is 1.00. The van der Waals surface area contributed by atoms with Gasteiger partial charge in [0, 0.05) is 12.6 Å². The number of nitrogens with zero attached hydrogens (tertiary/aromatic N) is 1. The van der Waals surface area contributed by atoms with Crippen molar-refractivity contribution in [2.45, 2.75) is 32.7 Å². The molecule has 66 valence electrons. The minimum atomic E-state index is 0.734. The molecule has 1 atom stereocenters. The summed E-state index contributed by atoms with van der Waals surface area (Å²) in [5.41, 5.74) is 0. The standard InChI is InChI=1S/C9H20N2/c1-3-9-8-11(4-2)7-5-6-10-9/h9-10H,3-8H2,1-2H3. The minimum Gasteiger partial charge on any atom is -0.313 e. The molecule has 1 rings (SSSR count). The Kier molecular flexibility index (Phi) is 3.87. The Morgan fingerprint density at radius 2 is 2.27 bits per heavy atom. The first-order valence-electron chi connectivity index (χ1n) is 4.82. The molecule has 1 fully saturated rings. The predicted molar refractivity (Wildman–Crippen MR) is 48.8 cm³/mol. The quantitative estimate of drug-likeness (QED) is 0.643. The van der Waals surface area contributed by atoms with Crippen LogP contribution in [0, 0.1) is 0 Å². The molecule has 0 aromatic rings.